The average Bonchev–Trinajstić information content (AvgIpc) is 1.88. The first-order valence-corrected chi connectivity index (χ1v) is 5.32. The van der Waals surface area contributed by atoms with Crippen molar-refractivity contribution in [3.05, 3.63) is 7.43 Å². The molecule has 0 atom stereocenters. The number of hydrogen-bond acceptors (Lipinski definition) is 2. The van der Waals surface area contributed by atoms with Crippen molar-refractivity contribution >= 4 is 25.5 Å². The maximum atomic E-state index is 4.12. The fourth-order valence-corrected chi connectivity index (χ4v) is 3.10. The molecule has 0 saturated carbocycles. The van der Waals surface area contributed by atoms with Crippen LogP contribution in [0.4, 0.5) is 0 Å². The molecule has 3 nitrogen and oxygen atoms in total. The number of hydrogen-bond donors (Lipinski definition) is 0. The second-order valence-corrected chi connectivity index (χ2v) is 5.99. The first-order chi connectivity index (χ1) is 4.61. The Morgan fingerprint density at radius 3 is 1.82 bits per heavy atom. The Labute approximate surface area is 73.0 Å². The molecule has 11 heavy (non-hydrogen) atoms. The van der Waals surface area contributed by atoms with Crippen LogP contribution in [0.2, 0.25) is 0 Å². The van der Waals surface area contributed by atoms with E-state index in [4.69, 9.17) is 0 Å². The minimum Gasteiger partial charge on any atom is -0.358 e. The van der Waals surface area contributed by atoms with E-state index in [9.17, 15) is 0 Å². The molecule has 0 bridgehead atoms. The van der Waals surface area contributed by atoms with Crippen molar-refractivity contribution in [2.75, 3.05) is 0 Å². The van der Waals surface area contributed by atoms with Crippen LogP contribution in [-0.4, -0.2) is 9.02 Å². The average molecular weight is 207 g/mol. The summed E-state index contributed by atoms with van der Waals surface area (Å²) in [4.78, 5) is 0. The van der Waals surface area contributed by atoms with E-state index in [1.54, 1.807) is 0 Å². The summed E-state index contributed by atoms with van der Waals surface area (Å²) in [6.45, 7) is 6.50. The molecule has 1 aromatic heterocycles. The highest BCUT2D eigenvalue weighted by Crippen LogP contribution is 2.12. The Kier molecular flexibility index (Phi) is 4.48. The first kappa shape index (κ1) is 11.3. The summed E-state index contributed by atoms with van der Waals surface area (Å²) < 4.78 is 10.4. The topological polar surface area (TPSA) is 29.7 Å². The van der Waals surface area contributed by atoms with Crippen LogP contribution < -0.4 is 4.09 Å². The second kappa shape index (κ2) is 4.36. The Hall–Kier alpha value is 0.300. The summed E-state index contributed by atoms with van der Waals surface area (Å²) in [6, 6.07) is 0. The lowest BCUT2D eigenvalue weighted by atomic mass is 10.1. The molecule has 0 fully saturated rings. The SMILES string of the molecule is CC(C)(C)[n+]1pnpnp1.[CH3-]. The zero-order chi connectivity index (χ0) is 7.61. The smallest absolute Gasteiger partial charge is 0.356 e. The fraction of sp³-hybridized carbons (Fsp3) is 0.800. The van der Waals surface area contributed by atoms with Crippen molar-refractivity contribution in [1.29, 1.82) is 0 Å². The molecule has 0 N–H and O–H groups in total. The number of rotatable bonds is 0. The predicted octanol–water partition coefficient (Wildman–Crippen LogP) is 2.71. The Balaban J connectivity index is 0.000001000. The molecule has 0 amide bonds. The summed E-state index contributed by atoms with van der Waals surface area (Å²) in [7, 11) is 2.97. The Bertz CT molecular complexity index is 208. The van der Waals surface area contributed by atoms with Crippen molar-refractivity contribution in [3.8, 4) is 0 Å². The molecular weight excluding hydrogens is 195 g/mol. The zero-order valence-corrected chi connectivity index (χ0v) is 9.87. The van der Waals surface area contributed by atoms with Crippen molar-refractivity contribution < 1.29 is 4.09 Å². The Morgan fingerprint density at radius 2 is 1.55 bits per heavy atom. The van der Waals surface area contributed by atoms with E-state index in [1.807, 2.05) is 0 Å². The summed E-state index contributed by atoms with van der Waals surface area (Å²) >= 11 is 0. The van der Waals surface area contributed by atoms with Crippen LogP contribution in [0.1, 0.15) is 20.8 Å². The van der Waals surface area contributed by atoms with Gasteiger partial charge < -0.3 is 7.43 Å². The van der Waals surface area contributed by atoms with Crippen molar-refractivity contribution in [2.24, 2.45) is 0 Å². The van der Waals surface area contributed by atoms with Crippen LogP contribution in [0, 0.1) is 7.43 Å². The lowest BCUT2D eigenvalue weighted by Gasteiger charge is -2.12. The van der Waals surface area contributed by atoms with E-state index in [-0.39, 0.29) is 13.0 Å². The summed E-state index contributed by atoms with van der Waals surface area (Å²) in [5.41, 5.74) is 0.187. The molecule has 0 spiro atoms. The van der Waals surface area contributed by atoms with Gasteiger partial charge in [0, 0.05) is 0 Å². The lowest BCUT2D eigenvalue weighted by Crippen LogP contribution is -2.43. The van der Waals surface area contributed by atoms with Gasteiger partial charge in [-0.1, -0.05) is 0 Å². The van der Waals surface area contributed by atoms with Gasteiger partial charge in [0.25, 0.3) is 0 Å². The van der Waals surface area contributed by atoms with E-state index in [1.165, 1.54) is 0 Å². The van der Waals surface area contributed by atoms with Gasteiger partial charge in [0.2, 0.25) is 0 Å². The highest BCUT2D eigenvalue weighted by Gasteiger charge is 2.17. The summed E-state index contributed by atoms with van der Waals surface area (Å²) in [5.74, 6) is 0. The molecule has 0 radical (unpaired) electrons. The van der Waals surface area contributed by atoms with Gasteiger partial charge in [0.15, 0.2) is 0 Å². The van der Waals surface area contributed by atoms with Gasteiger partial charge >= 0.3 is 25.5 Å². The van der Waals surface area contributed by atoms with Gasteiger partial charge in [-0.2, -0.15) is 4.09 Å². The molecule has 0 aromatic carbocycles. The van der Waals surface area contributed by atoms with E-state index in [0.29, 0.717) is 0 Å². The van der Waals surface area contributed by atoms with Crippen LogP contribution in [0.3, 0.4) is 0 Å². The van der Waals surface area contributed by atoms with Gasteiger partial charge in [0.1, 0.15) is 0 Å². The van der Waals surface area contributed by atoms with Gasteiger partial charge in [-0.3, -0.25) is 0 Å². The fourth-order valence-electron chi connectivity index (χ4n) is 0.416. The third-order valence-corrected chi connectivity index (χ3v) is 4.23. The molecule has 0 aliphatic carbocycles. The van der Waals surface area contributed by atoms with Crippen LogP contribution in [0.15, 0.2) is 0 Å². The van der Waals surface area contributed by atoms with Gasteiger partial charge in [-0.05, 0) is 29.8 Å². The minimum absolute atomic E-state index is 0. The molecule has 62 valence electrons. The van der Waals surface area contributed by atoms with Crippen molar-refractivity contribution in [3.63, 3.8) is 0 Å². The van der Waals surface area contributed by atoms with Crippen LogP contribution in [0.5, 0.6) is 0 Å². The van der Waals surface area contributed by atoms with Crippen LogP contribution in [0.25, 0.3) is 0 Å². The molecule has 6 heteroatoms. The molecular formula is C5H12N3P3. The molecule has 0 unspecified atom stereocenters. The second-order valence-electron chi connectivity index (χ2n) is 2.91. The molecule has 0 aliphatic heterocycles. The normalized spacial score (nSPS) is 12.6. The molecule has 1 aromatic rings. The van der Waals surface area contributed by atoms with Crippen LogP contribution >= 0.6 is 25.5 Å². The number of aromatic nitrogens is 3. The van der Waals surface area contributed by atoms with Gasteiger partial charge in [0.05, 0.1) is 5.54 Å². The third kappa shape index (κ3) is 3.47. The standard InChI is InChI=1S/C4H9N3P3.CH3/c1-4(2,3)7-9-5-8-6-10-7;/h1-3H3;1H3/q+1;-1. The maximum absolute atomic E-state index is 4.12. The van der Waals surface area contributed by atoms with Crippen molar-refractivity contribution in [1.82, 2.24) is 9.02 Å². The summed E-state index contributed by atoms with van der Waals surface area (Å²) in [5, 5.41) is 0. The van der Waals surface area contributed by atoms with Gasteiger partial charge in [-0.15, -0.1) is 0 Å². The van der Waals surface area contributed by atoms with Gasteiger partial charge in [-0.25, -0.2) is 0 Å². The first-order valence-electron chi connectivity index (χ1n) is 2.92. The Morgan fingerprint density at radius 1 is 1.09 bits per heavy atom. The molecule has 0 saturated heterocycles. The molecule has 1 heterocycles. The zero-order valence-electron chi connectivity index (χ0n) is 7.18. The number of nitrogens with zero attached hydrogens (tertiary/aromatic N) is 3. The molecule has 1 rings (SSSR count). The van der Waals surface area contributed by atoms with E-state index in [2.05, 4.69) is 33.9 Å². The van der Waals surface area contributed by atoms with E-state index >= 15 is 0 Å². The van der Waals surface area contributed by atoms with Crippen molar-refractivity contribution in [2.45, 2.75) is 26.3 Å². The maximum Gasteiger partial charge on any atom is 0.356 e. The lowest BCUT2D eigenvalue weighted by molar-refractivity contribution is -0.627. The third-order valence-electron chi connectivity index (χ3n) is 0.929. The molecule has 0 aliphatic rings. The largest absolute Gasteiger partial charge is 0.358 e. The summed E-state index contributed by atoms with van der Waals surface area (Å²) in [6.07, 6.45) is 0. The monoisotopic (exact) mass is 207 g/mol. The quantitative estimate of drug-likeness (QED) is 0.612. The minimum atomic E-state index is 0. The predicted molar refractivity (Wildman–Crippen MR) is 51.2 cm³/mol. The highest BCUT2D eigenvalue weighted by atomic mass is 31.1. The van der Waals surface area contributed by atoms with Crippen LogP contribution in [-0.2, 0) is 5.54 Å². The highest BCUT2D eigenvalue weighted by molar-refractivity contribution is 7.39. The van der Waals surface area contributed by atoms with E-state index in [0.717, 1.165) is 25.5 Å². The van der Waals surface area contributed by atoms with E-state index < -0.39 is 0 Å².